The van der Waals surface area contributed by atoms with Gasteiger partial charge in [0.15, 0.2) is 0 Å². The Kier molecular flexibility index (Phi) is 4.59. The Morgan fingerprint density at radius 3 is 2.30 bits per heavy atom. The number of fused-ring (bicyclic) bond motifs is 1. The van der Waals surface area contributed by atoms with Gasteiger partial charge in [-0.2, -0.15) is 0 Å². The maximum atomic E-state index is 6.34. The second kappa shape index (κ2) is 6.25. The first-order valence-electron chi connectivity index (χ1n) is 7.88. The summed E-state index contributed by atoms with van der Waals surface area (Å²) in [6, 6.07) is 6.36. The van der Waals surface area contributed by atoms with Crippen molar-refractivity contribution < 1.29 is 0 Å². The third-order valence-electron chi connectivity index (χ3n) is 5.14. The molecule has 3 heteroatoms. The predicted molar refractivity (Wildman–Crippen MR) is 86.6 cm³/mol. The molecule has 1 nitrogen and oxygen atoms in total. The van der Waals surface area contributed by atoms with E-state index in [9.17, 15) is 0 Å². The number of likely N-dealkylation sites (N-methyl/N-ethyl adjacent to an activating group) is 1. The summed E-state index contributed by atoms with van der Waals surface area (Å²) >= 11 is 12.7. The molecular weight excluding hydrogens is 289 g/mol. The molecule has 110 valence electrons. The van der Waals surface area contributed by atoms with Gasteiger partial charge in [0.05, 0.1) is 0 Å². The molecule has 0 aromatic heterocycles. The van der Waals surface area contributed by atoms with E-state index < -0.39 is 0 Å². The van der Waals surface area contributed by atoms with E-state index in [1.807, 2.05) is 18.2 Å². The second-order valence-electron chi connectivity index (χ2n) is 6.26. The molecule has 20 heavy (non-hydrogen) atoms. The number of rotatable bonds is 5. The highest BCUT2D eigenvalue weighted by Gasteiger charge is 2.53. The topological polar surface area (TPSA) is 12.0 Å². The van der Waals surface area contributed by atoms with Gasteiger partial charge < -0.3 is 5.32 Å². The molecule has 1 aromatic rings. The monoisotopic (exact) mass is 311 g/mol. The van der Waals surface area contributed by atoms with Crippen molar-refractivity contribution >= 4 is 23.2 Å². The van der Waals surface area contributed by atoms with Gasteiger partial charge in [-0.25, -0.2) is 0 Å². The van der Waals surface area contributed by atoms with Crippen LogP contribution in [0.2, 0.25) is 10.0 Å². The van der Waals surface area contributed by atoms with E-state index in [1.54, 1.807) is 0 Å². The molecule has 3 atom stereocenters. The summed E-state index contributed by atoms with van der Waals surface area (Å²) in [4.78, 5) is 0. The molecular formula is C17H23Cl2N. The number of hydrogen-bond donors (Lipinski definition) is 1. The van der Waals surface area contributed by atoms with Crippen molar-refractivity contribution in [3.63, 3.8) is 0 Å². The fraction of sp³-hybridized carbons (Fsp3) is 0.647. The number of benzene rings is 1. The third kappa shape index (κ3) is 2.86. The zero-order valence-corrected chi connectivity index (χ0v) is 13.6. The average Bonchev–Trinajstić information content (AvgIpc) is 3.16. The van der Waals surface area contributed by atoms with Gasteiger partial charge in [0.25, 0.3) is 0 Å². The molecule has 3 unspecified atom stereocenters. The molecule has 0 spiro atoms. The predicted octanol–water partition coefficient (Wildman–Crippen LogP) is 4.95. The van der Waals surface area contributed by atoms with Crippen LogP contribution in [0.1, 0.15) is 38.2 Å². The minimum absolute atomic E-state index is 0.533. The highest BCUT2D eigenvalue weighted by molar-refractivity contribution is 6.36. The fourth-order valence-corrected chi connectivity index (χ4v) is 4.75. The van der Waals surface area contributed by atoms with Gasteiger partial charge in [0, 0.05) is 16.1 Å². The summed E-state index contributed by atoms with van der Waals surface area (Å²) in [5.74, 6) is 2.74. The minimum Gasteiger partial charge on any atom is -0.314 e. The zero-order chi connectivity index (χ0) is 14.1. The average molecular weight is 312 g/mol. The van der Waals surface area contributed by atoms with Gasteiger partial charge in [-0.15, -0.1) is 0 Å². The smallest absolute Gasteiger partial charge is 0.0453 e. The van der Waals surface area contributed by atoms with Crippen molar-refractivity contribution in [3.8, 4) is 0 Å². The van der Waals surface area contributed by atoms with Gasteiger partial charge in [-0.05, 0) is 61.3 Å². The molecule has 2 aliphatic carbocycles. The molecule has 0 heterocycles. The summed E-state index contributed by atoms with van der Waals surface area (Å²) in [6.07, 6.45) is 6.65. The van der Waals surface area contributed by atoms with Crippen LogP contribution in [-0.4, -0.2) is 12.6 Å². The summed E-state index contributed by atoms with van der Waals surface area (Å²) in [5, 5.41) is 5.31. The molecule has 1 N–H and O–H groups in total. The number of nitrogens with one attached hydrogen (secondary N) is 1. The SMILES string of the molecule is CCNC(Cc1c(Cl)cccc1Cl)C1C2CCCCC21. The van der Waals surface area contributed by atoms with Crippen LogP contribution in [0.15, 0.2) is 18.2 Å². The van der Waals surface area contributed by atoms with Gasteiger partial charge in [-0.1, -0.05) is 49.0 Å². The lowest BCUT2D eigenvalue weighted by molar-refractivity contribution is 0.437. The fourth-order valence-electron chi connectivity index (χ4n) is 4.20. The van der Waals surface area contributed by atoms with E-state index in [4.69, 9.17) is 23.2 Å². The molecule has 2 aliphatic rings. The highest BCUT2D eigenvalue weighted by atomic mass is 35.5. The quantitative estimate of drug-likeness (QED) is 0.811. The summed E-state index contributed by atoms with van der Waals surface area (Å²) in [7, 11) is 0. The summed E-state index contributed by atoms with van der Waals surface area (Å²) in [5.41, 5.74) is 1.12. The Morgan fingerprint density at radius 1 is 1.15 bits per heavy atom. The normalized spacial score (nSPS) is 29.9. The Labute approximate surface area is 132 Å². The lowest BCUT2D eigenvalue weighted by atomic mass is 9.99. The Bertz CT molecular complexity index is 442. The maximum Gasteiger partial charge on any atom is 0.0453 e. The number of hydrogen-bond acceptors (Lipinski definition) is 1. The minimum atomic E-state index is 0.533. The van der Waals surface area contributed by atoms with E-state index in [0.29, 0.717) is 6.04 Å². The molecule has 0 aliphatic heterocycles. The molecule has 1 aromatic carbocycles. The molecule has 2 saturated carbocycles. The first kappa shape index (κ1) is 14.7. The second-order valence-corrected chi connectivity index (χ2v) is 7.07. The van der Waals surface area contributed by atoms with Crippen LogP contribution in [0.25, 0.3) is 0 Å². The number of halogens is 2. The highest BCUT2D eigenvalue weighted by Crippen LogP contribution is 2.57. The van der Waals surface area contributed by atoms with Gasteiger partial charge >= 0.3 is 0 Å². The molecule has 0 radical (unpaired) electrons. The van der Waals surface area contributed by atoms with Crippen LogP contribution >= 0.6 is 23.2 Å². The molecule has 2 fully saturated rings. The van der Waals surface area contributed by atoms with Crippen molar-refractivity contribution in [2.75, 3.05) is 6.54 Å². The van der Waals surface area contributed by atoms with Crippen LogP contribution in [-0.2, 0) is 6.42 Å². The van der Waals surface area contributed by atoms with Crippen molar-refractivity contribution in [1.82, 2.24) is 5.32 Å². The van der Waals surface area contributed by atoms with Gasteiger partial charge in [0.1, 0.15) is 0 Å². The lowest BCUT2D eigenvalue weighted by Gasteiger charge is -2.20. The summed E-state index contributed by atoms with van der Waals surface area (Å²) < 4.78 is 0. The standard InChI is InChI=1S/C17H23Cl2N/c1-2-20-16(17-11-6-3-4-7-12(11)17)10-13-14(18)8-5-9-15(13)19/h5,8-9,11-12,16-17,20H,2-4,6-7,10H2,1H3. The van der Waals surface area contributed by atoms with Crippen molar-refractivity contribution in [2.45, 2.75) is 45.1 Å². The molecule has 3 rings (SSSR count). The Hall–Kier alpha value is -0.240. The largest absolute Gasteiger partial charge is 0.314 e. The van der Waals surface area contributed by atoms with E-state index in [2.05, 4.69) is 12.2 Å². The molecule has 0 bridgehead atoms. The van der Waals surface area contributed by atoms with E-state index >= 15 is 0 Å². The first-order chi connectivity index (χ1) is 9.72. The van der Waals surface area contributed by atoms with Crippen molar-refractivity contribution in [1.29, 1.82) is 0 Å². The Balaban J connectivity index is 1.75. The zero-order valence-electron chi connectivity index (χ0n) is 12.0. The van der Waals surface area contributed by atoms with Crippen LogP contribution in [0.3, 0.4) is 0 Å². The Morgan fingerprint density at radius 2 is 1.75 bits per heavy atom. The van der Waals surface area contributed by atoms with Gasteiger partial charge in [0.2, 0.25) is 0 Å². The summed E-state index contributed by atoms with van der Waals surface area (Å²) in [6.45, 7) is 3.20. The van der Waals surface area contributed by atoms with E-state index in [0.717, 1.165) is 46.3 Å². The molecule has 0 amide bonds. The van der Waals surface area contributed by atoms with E-state index in [1.165, 1.54) is 25.7 Å². The van der Waals surface area contributed by atoms with Crippen molar-refractivity contribution in [3.05, 3.63) is 33.8 Å². The third-order valence-corrected chi connectivity index (χ3v) is 5.85. The first-order valence-corrected chi connectivity index (χ1v) is 8.64. The van der Waals surface area contributed by atoms with Crippen LogP contribution in [0.5, 0.6) is 0 Å². The lowest BCUT2D eigenvalue weighted by Crippen LogP contribution is -2.34. The van der Waals surface area contributed by atoms with Crippen LogP contribution < -0.4 is 5.32 Å². The molecule has 0 saturated heterocycles. The van der Waals surface area contributed by atoms with Crippen LogP contribution in [0, 0.1) is 17.8 Å². The van der Waals surface area contributed by atoms with Crippen LogP contribution in [0.4, 0.5) is 0 Å². The van der Waals surface area contributed by atoms with Gasteiger partial charge in [-0.3, -0.25) is 0 Å². The maximum absolute atomic E-state index is 6.34. The van der Waals surface area contributed by atoms with Crippen molar-refractivity contribution in [2.24, 2.45) is 17.8 Å². The van der Waals surface area contributed by atoms with E-state index in [-0.39, 0.29) is 0 Å².